The Morgan fingerprint density at radius 3 is 2.52 bits per heavy atom. The van der Waals surface area contributed by atoms with E-state index in [2.05, 4.69) is 44.3 Å². The van der Waals surface area contributed by atoms with Crippen LogP contribution in [0.1, 0.15) is 31.2 Å². The lowest BCUT2D eigenvalue weighted by Gasteiger charge is -2.38. The number of nitrogens with zero attached hydrogens (tertiary/aromatic N) is 3. The van der Waals surface area contributed by atoms with Crippen molar-refractivity contribution >= 4 is 0 Å². The fourth-order valence-electron chi connectivity index (χ4n) is 4.72. The molecule has 5 nitrogen and oxygen atoms in total. The highest BCUT2D eigenvalue weighted by molar-refractivity contribution is 5.33. The molecule has 3 aliphatic heterocycles. The zero-order valence-electron chi connectivity index (χ0n) is 16.7. The quantitative estimate of drug-likeness (QED) is 0.792. The molecule has 0 amide bonds. The fourth-order valence-corrected chi connectivity index (χ4v) is 4.72. The van der Waals surface area contributed by atoms with E-state index in [9.17, 15) is 0 Å². The molecule has 1 aromatic carbocycles. The number of para-hydroxylation sites is 1. The van der Waals surface area contributed by atoms with E-state index in [-0.39, 0.29) is 0 Å². The molecule has 3 aliphatic rings. The summed E-state index contributed by atoms with van der Waals surface area (Å²) in [6.45, 7) is 12.4. The average molecular weight is 373 g/mol. The van der Waals surface area contributed by atoms with E-state index < -0.39 is 0 Å². The maximum absolute atomic E-state index is 6.20. The molecule has 5 heteroatoms. The van der Waals surface area contributed by atoms with E-state index in [0.29, 0.717) is 0 Å². The van der Waals surface area contributed by atoms with Gasteiger partial charge in [0, 0.05) is 57.4 Å². The maximum atomic E-state index is 6.20. The van der Waals surface area contributed by atoms with E-state index in [4.69, 9.17) is 4.74 Å². The number of likely N-dealkylation sites (tertiary alicyclic amines) is 1. The monoisotopic (exact) mass is 372 g/mol. The van der Waals surface area contributed by atoms with Gasteiger partial charge in [0.15, 0.2) is 0 Å². The van der Waals surface area contributed by atoms with Gasteiger partial charge in [-0.1, -0.05) is 24.6 Å². The first-order valence-corrected chi connectivity index (χ1v) is 11.0. The summed E-state index contributed by atoms with van der Waals surface area (Å²) in [4.78, 5) is 7.81. The second-order valence-corrected chi connectivity index (χ2v) is 8.32. The highest BCUT2D eigenvalue weighted by Crippen LogP contribution is 2.21. The van der Waals surface area contributed by atoms with Crippen LogP contribution in [0.3, 0.4) is 0 Å². The first-order valence-electron chi connectivity index (χ1n) is 11.0. The van der Waals surface area contributed by atoms with E-state index in [1.54, 1.807) is 0 Å². The van der Waals surface area contributed by atoms with Crippen molar-refractivity contribution in [3.8, 4) is 5.75 Å². The van der Waals surface area contributed by atoms with Gasteiger partial charge in [-0.3, -0.25) is 14.7 Å². The summed E-state index contributed by atoms with van der Waals surface area (Å²) in [7, 11) is 0. The molecular formula is C22H36N4O. The van der Waals surface area contributed by atoms with E-state index >= 15 is 0 Å². The molecule has 0 bridgehead atoms. The summed E-state index contributed by atoms with van der Waals surface area (Å²) in [5.41, 5.74) is 1.34. The van der Waals surface area contributed by atoms with Crippen LogP contribution < -0.4 is 10.1 Å². The lowest BCUT2D eigenvalue weighted by Crippen LogP contribution is -2.50. The van der Waals surface area contributed by atoms with Crippen LogP contribution in [0, 0.1) is 0 Å². The zero-order chi connectivity index (χ0) is 18.3. The Balaban J connectivity index is 1.24. The second kappa shape index (κ2) is 9.87. The van der Waals surface area contributed by atoms with Crippen LogP contribution in [-0.4, -0.2) is 86.3 Å². The van der Waals surface area contributed by atoms with Gasteiger partial charge in [-0.2, -0.15) is 0 Å². The van der Waals surface area contributed by atoms with Crippen LogP contribution in [0.25, 0.3) is 0 Å². The van der Waals surface area contributed by atoms with Crippen LogP contribution in [0.4, 0.5) is 0 Å². The van der Waals surface area contributed by atoms with Crippen molar-refractivity contribution in [1.29, 1.82) is 0 Å². The molecule has 1 atom stereocenters. The van der Waals surface area contributed by atoms with Crippen molar-refractivity contribution in [1.82, 2.24) is 20.0 Å². The van der Waals surface area contributed by atoms with Crippen LogP contribution in [0.5, 0.6) is 5.75 Å². The minimum atomic E-state index is 0.762. The Bertz CT molecular complexity index is 561. The third-order valence-corrected chi connectivity index (χ3v) is 6.44. The molecule has 0 saturated carbocycles. The topological polar surface area (TPSA) is 31.0 Å². The Hall–Kier alpha value is -1.14. The van der Waals surface area contributed by atoms with Crippen molar-refractivity contribution in [3.05, 3.63) is 29.8 Å². The van der Waals surface area contributed by atoms with Crippen molar-refractivity contribution < 1.29 is 4.74 Å². The molecule has 0 aliphatic carbocycles. The molecule has 1 N–H and O–H groups in total. The summed E-state index contributed by atoms with van der Waals surface area (Å²) in [5.74, 6) is 1.08. The third kappa shape index (κ3) is 5.44. The van der Waals surface area contributed by atoms with Crippen molar-refractivity contribution in [2.24, 2.45) is 0 Å². The summed E-state index contributed by atoms with van der Waals surface area (Å²) >= 11 is 0. The van der Waals surface area contributed by atoms with Crippen LogP contribution in [0.2, 0.25) is 0 Å². The Morgan fingerprint density at radius 2 is 1.74 bits per heavy atom. The molecule has 150 valence electrons. The molecular weight excluding hydrogens is 336 g/mol. The molecule has 0 spiro atoms. The van der Waals surface area contributed by atoms with Gasteiger partial charge >= 0.3 is 0 Å². The number of hydrogen-bond acceptors (Lipinski definition) is 5. The summed E-state index contributed by atoms with van der Waals surface area (Å²) < 4.78 is 6.20. The minimum absolute atomic E-state index is 0.762. The molecule has 3 fully saturated rings. The smallest absolute Gasteiger partial charge is 0.123 e. The SMILES string of the molecule is c1ccc(OCCN2CCCCC2)c(CN2CCN([C@H]3CCNC3)CC2)c1. The summed E-state index contributed by atoms with van der Waals surface area (Å²) in [6, 6.07) is 9.39. The highest BCUT2D eigenvalue weighted by Gasteiger charge is 2.26. The average Bonchev–Trinajstić information content (AvgIpc) is 3.26. The molecule has 4 rings (SSSR count). The normalized spacial score (nSPS) is 25.7. The highest BCUT2D eigenvalue weighted by atomic mass is 16.5. The van der Waals surface area contributed by atoms with Crippen molar-refractivity contribution in [2.45, 2.75) is 38.3 Å². The van der Waals surface area contributed by atoms with Gasteiger partial charge in [0.25, 0.3) is 0 Å². The van der Waals surface area contributed by atoms with Crippen molar-refractivity contribution in [3.63, 3.8) is 0 Å². The maximum Gasteiger partial charge on any atom is 0.123 e. The molecule has 0 aromatic heterocycles. The number of piperidine rings is 1. The first kappa shape index (κ1) is 19.2. The lowest BCUT2D eigenvalue weighted by molar-refractivity contribution is 0.0972. The van der Waals surface area contributed by atoms with E-state index in [1.165, 1.54) is 83.6 Å². The Morgan fingerprint density at radius 1 is 0.926 bits per heavy atom. The number of benzene rings is 1. The largest absolute Gasteiger partial charge is 0.492 e. The van der Waals surface area contributed by atoms with E-state index in [1.807, 2.05) is 0 Å². The van der Waals surface area contributed by atoms with E-state index in [0.717, 1.165) is 31.5 Å². The minimum Gasteiger partial charge on any atom is -0.492 e. The zero-order valence-corrected chi connectivity index (χ0v) is 16.7. The van der Waals surface area contributed by atoms with Crippen LogP contribution >= 0.6 is 0 Å². The van der Waals surface area contributed by atoms with Gasteiger partial charge < -0.3 is 10.1 Å². The lowest BCUT2D eigenvalue weighted by atomic mass is 10.1. The Labute approximate surface area is 164 Å². The number of nitrogens with one attached hydrogen (secondary N) is 1. The predicted molar refractivity (Wildman–Crippen MR) is 110 cm³/mol. The first-order chi connectivity index (χ1) is 13.4. The Kier molecular flexibility index (Phi) is 7.02. The summed E-state index contributed by atoms with van der Waals surface area (Å²) in [6.07, 6.45) is 5.40. The third-order valence-electron chi connectivity index (χ3n) is 6.44. The number of hydrogen-bond donors (Lipinski definition) is 1. The molecule has 3 heterocycles. The van der Waals surface area contributed by atoms with Gasteiger partial charge in [0.05, 0.1) is 0 Å². The summed E-state index contributed by atoms with van der Waals surface area (Å²) in [5, 5.41) is 3.50. The molecule has 0 radical (unpaired) electrons. The second-order valence-electron chi connectivity index (χ2n) is 8.32. The van der Waals surface area contributed by atoms with Crippen LogP contribution in [0.15, 0.2) is 24.3 Å². The van der Waals surface area contributed by atoms with Gasteiger partial charge in [-0.05, 0) is 45.0 Å². The predicted octanol–water partition coefficient (Wildman–Crippen LogP) is 2.03. The molecule has 3 saturated heterocycles. The van der Waals surface area contributed by atoms with Gasteiger partial charge in [-0.25, -0.2) is 0 Å². The van der Waals surface area contributed by atoms with Gasteiger partial charge in [0.2, 0.25) is 0 Å². The number of rotatable bonds is 7. The number of ether oxygens (including phenoxy) is 1. The molecule has 1 aromatic rings. The molecule has 27 heavy (non-hydrogen) atoms. The van der Waals surface area contributed by atoms with Crippen molar-refractivity contribution in [2.75, 3.05) is 65.5 Å². The number of piperazine rings is 1. The van der Waals surface area contributed by atoms with Gasteiger partial charge in [0.1, 0.15) is 12.4 Å². The molecule has 0 unspecified atom stereocenters. The fraction of sp³-hybridized carbons (Fsp3) is 0.727. The van der Waals surface area contributed by atoms with Crippen LogP contribution in [-0.2, 0) is 6.54 Å². The van der Waals surface area contributed by atoms with Gasteiger partial charge in [-0.15, -0.1) is 0 Å². The standard InChI is InChI=1S/C22H36N4O/c1-4-10-24(11-5-1)16-17-27-22-7-3-2-6-20(22)19-25-12-14-26(15-13-25)21-8-9-23-18-21/h2-3,6-7,21,23H,1,4-5,8-19H2/t21-/m0/s1.